The number of halogens is 1. The summed E-state index contributed by atoms with van der Waals surface area (Å²) in [5.41, 5.74) is 2.88. The van der Waals surface area contributed by atoms with Gasteiger partial charge in [0.2, 0.25) is 0 Å². The molecule has 2 rings (SSSR count). The summed E-state index contributed by atoms with van der Waals surface area (Å²) in [7, 11) is 0. The number of benzene rings is 2. The molecule has 0 aliphatic rings. The molecule has 0 radical (unpaired) electrons. The van der Waals surface area contributed by atoms with Crippen LogP contribution >= 0.6 is 22.6 Å². The molecule has 2 aromatic rings. The number of para-hydroxylation sites is 2. The quantitative estimate of drug-likeness (QED) is 0.816. The second kappa shape index (κ2) is 6.74. The third kappa shape index (κ3) is 3.72. The van der Waals surface area contributed by atoms with E-state index in [1.54, 1.807) is 0 Å². The van der Waals surface area contributed by atoms with Crippen molar-refractivity contribution in [2.45, 2.75) is 13.8 Å². The summed E-state index contributed by atoms with van der Waals surface area (Å²) in [5, 5.41) is 2.85. The highest BCUT2D eigenvalue weighted by atomic mass is 127. The van der Waals surface area contributed by atoms with E-state index in [-0.39, 0.29) is 12.5 Å². The SMILES string of the molecule is Cc1cccc(C)c1OCC(=O)Nc1ccccc1I. The first-order valence-corrected chi connectivity index (χ1v) is 7.39. The molecule has 20 heavy (non-hydrogen) atoms. The summed E-state index contributed by atoms with van der Waals surface area (Å²) in [6, 6.07) is 13.6. The minimum Gasteiger partial charge on any atom is -0.483 e. The summed E-state index contributed by atoms with van der Waals surface area (Å²) in [5.74, 6) is 0.627. The van der Waals surface area contributed by atoms with Gasteiger partial charge in [-0.2, -0.15) is 0 Å². The molecule has 0 spiro atoms. The summed E-state index contributed by atoms with van der Waals surface area (Å²) >= 11 is 2.19. The van der Waals surface area contributed by atoms with Gasteiger partial charge in [-0.15, -0.1) is 0 Å². The molecule has 0 atom stereocenters. The largest absolute Gasteiger partial charge is 0.483 e. The van der Waals surface area contributed by atoms with Crippen LogP contribution in [0.15, 0.2) is 42.5 Å². The van der Waals surface area contributed by atoms with Crippen molar-refractivity contribution in [1.82, 2.24) is 0 Å². The van der Waals surface area contributed by atoms with E-state index < -0.39 is 0 Å². The second-order valence-electron chi connectivity index (χ2n) is 4.54. The lowest BCUT2D eigenvalue weighted by atomic mass is 10.1. The summed E-state index contributed by atoms with van der Waals surface area (Å²) in [6.45, 7) is 3.96. The molecule has 1 N–H and O–H groups in total. The number of rotatable bonds is 4. The number of hydrogen-bond acceptors (Lipinski definition) is 2. The first kappa shape index (κ1) is 14.8. The van der Waals surface area contributed by atoms with Crippen LogP contribution in [0.25, 0.3) is 0 Å². The third-order valence-corrected chi connectivity index (χ3v) is 3.84. The average molecular weight is 381 g/mol. The fourth-order valence-corrected chi connectivity index (χ4v) is 2.44. The zero-order valence-electron chi connectivity index (χ0n) is 11.4. The van der Waals surface area contributed by atoms with Crippen LogP contribution in [0.2, 0.25) is 0 Å². The lowest BCUT2D eigenvalue weighted by Crippen LogP contribution is -2.21. The van der Waals surface area contributed by atoms with E-state index in [1.165, 1.54) is 0 Å². The normalized spacial score (nSPS) is 10.2. The zero-order chi connectivity index (χ0) is 14.5. The van der Waals surface area contributed by atoms with Crippen molar-refractivity contribution in [1.29, 1.82) is 0 Å². The van der Waals surface area contributed by atoms with Gasteiger partial charge in [0.1, 0.15) is 5.75 Å². The maximum atomic E-state index is 11.9. The molecule has 2 aromatic carbocycles. The molecule has 0 fully saturated rings. The molecular weight excluding hydrogens is 365 g/mol. The van der Waals surface area contributed by atoms with Crippen LogP contribution in [0.5, 0.6) is 5.75 Å². The highest BCUT2D eigenvalue weighted by Crippen LogP contribution is 2.22. The molecule has 0 aliphatic heterocycles. The van der Waals surface area contributed by atoms with Crippen molar-refractivity contribution in [3.8, 4) is 5.75 Å². The summed E-state index contributed by atoms with van der Waals surface area (Å²) in [4.78, 5) is 11.9. The van der Waals surface area contributed by atoms with Gasteiger partial charge in [0, 0.05) is 3.57 Å². The van der Waals surface area contributed by atoms with Crippen LogP contribution in [-0.4, -0.2) is 12.5 Å². The van der Waals surface area contributed by atoms with Gasteiger partial charge in [-0.1, -0.05) is 30.3 Å². The Hall–Kier alpha value is -1.56. The minimum absolute atomic E-state index is 0.0106. The molecule has 104 valence electrons. The number of hydrogen-bond donors (Lipinski definition) is 1. The fourth-order valence-electron chi connectivity index (χ4n) is 1.91. The first-order valence-electron chi connectivity index (χ1n) is 6.31. The molecule has 3 nitrogen and oxygen atoms in total. The average Bonchev–Trinajstić information content (AvgIpc) is 2.41. The first-order chi connectivity index (χ1) is 9.58. The molecule has 4 heteroatoms. The maximum Gasteiger partial charge on any atom is 0.262 e. The van der Waals surface area contributed by atoms with E-state index >= 15 is 0 Å². The Balaban J connectivity index is 1.98. The van der Waals surface area contributed by atoms with Crippen LogP contribution in [-0.2, 0) is 4.79 Å². The number of ether oxygens (including phenoxy) is 1. The van der Waals surface area contributed by atoms with E-state index in [2.05, 4.69) is 27.9 Å². The Labute approximate surface area is 132 Å². The Kier molecular flexibility index (Phi) is 5.00. The van der Waals surface area contributed by atoms with E-state index in [4.69, 9.17) is 4.74 Å². The highest BCUT2D eigenvalue weighted by molar-refractivity contribution is 14.1. The maximum absolute atomic E-state index is 11.9. The Bertz CT molecular complexity index is 605. The third-order valence-electron chi connectivity index (χ3n) is 2.90. The number of amides is 1. The van der Waals surface area contributed by atoms with Gasteiger partial charge in [0.15, 0.2) is 6.61 Å². The number of carbonyl (C=O) groups excluding carboxylic acids is 1. The number of carbonyl (C=O) groups is 1. The molecule has 0 heterocycles. The van der Waals surface area contributed by atoms with Crippen molar-refractivity contribution in [3.05, 3.63) is 57.2 Å². The van der Waals surface area contributed by atoms with Gasteiger partial charge in [0.25, 0.3) is 5.91 Å². The van der Waals surface area contributed by atoms with E-state index in [9.17, 15) is 4.79 Å². The topological polar surface area (TPSA) is 38.3 Å². The van der Waals surface area contributed by atoms with E-state index in [1.807, 2.05) is 56.3 Å². The molecule has 1 amide bonds. The van der Waals surface area contributed by atoms with Crippen molar-refractivity contribution >= 4 is 34.2 Å². The van der Waals surface area contributed by atoms with Crippen LogP contribution < -0.4 is 10.1 Å². The Morgan fingerprint density at radius 3 is 2.40 bits per heavy atom. The molecule has 0 aliphatic carbocycles. The molecule has 0 unspecified atom stereocenters. The fraction of sp³-hybridized carbons (Fsp3) is 0.188. The monoisotopic (exact) mass is 381 g/mol. The lowest BCUT2D eigenvalue weighted by Gasteiger charge is -2.12. The predicted molar refractivity (Wildman–Crippen MR) is 89.2 cm³/mol. The molecular formula is C16H16INO2. The number of aryl methyl sites for hydroxylation is 2. The smallest absolute Gasteiger partial charge is 0.262 e. The zero-order valence-corrected chi connectivity index (χ0v) is 13.6. The van der Waals surface area contributed by atoms with E-state index in [0.717, 1.165) is 26.1 Å². The highest BCUT2D eigenvalue weighted by Gasteiger charge is 2.08. The standard InChI is InChI=1S/C16H16INO2/c1-11-6-5-7-12(2)16(11)20-10-15(19)18-14-9-4-3-8-13(14)17/h3-9H,10H2,1-2H3,(H,18,19). The number of nitrogens with one attached hydrogen (secondary N) is 1. The lowest BCUT2D eigenvalue weighted by molar-refractivity contribution is -0.118. The molecule has 0 saturated heterocycles. The van der Waals surface area contributed by atoms with Gasteiger partial charge in [0.05, 0.1) is 5.69 Å². The minimum atomic E-state index is -0.156. The summed E-state index contributed by atoms with van der Waals surface area (Å²) in [6.07, 6.45) is 0. The van der Waals surface area contributed by atoms with Gasteiger partial charge in [-0.3, -0.25) is 4.79 Å². The molecule has 0 bridgehead atoms. The summed E-state index contributed by atoms with van der Waals surface area (Å²) < 4.78 is 6.63. The number of anilines is 1. The van der Waals surface area contributed by atoms with Gasteiger partial charge in [-0.05, 0) is 59.7 Å². The van der Waals surface area contributed by atoms with Crippen LogP contribution in [0.4, 0.5) is 5.69 Å². The predicted octanol–water partition coefficient (Wildman–Crippen LogP) is 3.93. The van der Waals surface area contributed by atoms with E-state index in [0.29, 0.717) is 0 Å². The van der Waals surface area contributed by atoms with Gasteiger partial charge < -0.3 is 10.1 Å². The Morgan fingerprint density at radius 1 is 1.10 bits per heavy atom. The van der Waals surface area contributed by atoms with Gasteiger partial charge >= 0.3 is 0 Å². The van der Waals surface area contributed by atoms with Crippen molar-refractivity contribution in [2.24, 2.45) is 0 Å². The van der Waals surface area contributed by atoms with Crippen LogP contribution in [0, 0.1) is 17.4 Å². The van der Waals surface area contributed by atoms with Gasteiger partial charge in [-0.25, -0.2) is 0 Å². The van der Waals surface area contributed by atoms with Crippen molar-refractivity contribution in [2.75, 3.05) is 11.9 Å². The second-order valence-corrected chi connectivity index (χ2v) is 5.70. The van der Waals surface area contributed by atoms with Crippen LogP contribution in [0.3, 0.4) is 0 Å². The van der Waals surface area contributed by atoms with Crippen molar-refractivity contribution < 1.29 is 9.53 Å². The molecule has 0 aromatic heterocycles. The van der Waals surface area contributed by atoms with Crippen LogP contribution in [0.1, 0.15) is 11.1 Å². The van der Waals surface area contributed by atoms with Crippen molar-refractivity contribution in [3.63, 3.8) is 0 Å². The molecule has 0 saturated carbocycles. The Morgan fingerprint density at radius 2 is 1.75 bits per heavy atom.